The lowest BCUT2D eigenvalue weighted by atomic mass is 9.98. The zero-order chi connectivity index (χ0) is 23.8. The Morgan fingerprint density at radius 1 is 1.00 bits per heavy atom. The molecule has 188 valence electrons. The molecule has 1 unspecified atom stereocenters. The Morgan fingerprint density at radius 3 is 2.38 bits per heavy atom. The van der Waals surface area contributed by atoms with Crippen LogP contribution < -0.4 is 16.0 Å². The molecule has 4 N–H and O–H groups in total. The maximum absolute atomic E-state index is 9.98. The van der Waals surface area contributed by atoms with Crippen molar-refractivity contribution in [2.24, 2.45) is 16.6 Å². The van der Waals surface area contributed by atoms with E-state index in [9.17, 15) is 5.11 Å². The van der Waals surface area contributed by atoms with E-state index in [1.54, 1.807) is 11.8 Å². The van der Waals surface area contributed by atoms with Crippen molar-refractivity contribution in [3.8, 4) is 0 Å². The van der Waals surface area contributed by atoms with Gasteiger partial charge in [-0.2, -0.15) is 4.99 Å². The van der Waals surface area contributed by atoms with Gasteiger partial charge in [0, 0.05) is 42.8 Å². The molecule has 1 saturated carbocycles. The number of amidine groups is 1. The molecular formula is C26H41N5OS2. The number of piperidine rings is 2. The van der Waals surface area contributed by atoms with Gasteiger partial charge >= 0.3 is 0 Å². The molecule has 0 aromatic heterocycles. The van der Waals surface area contributed by atoms with Crippen LogP contribution in [0.4, 0.5) is 11.4 Å². The quantitative estimate of drug-likeness (QED) is 0.230. The number of benzene rings is 1. The number of likely N-dealkylation sites (tertiary alicyclic amines) is 1. The molecule has 0 spiro atoms. The summed E-state index contributed by atoms with van der Waals surface area (Å²) < 4.78 is 0. The minimum Gasteiger partial charge on any atom is -0.392 e. The minimum absolute atomic E-state index is 0.141. The van der Waals surface area contributed by atoms with E-state index in [0.29, 0.717) is 16.3 Å². The topological polar surface area (TPSA) is 77.1 Å². The van der Waals surface area contributed by atoms with Gasteiger partial charge < -0.3 is 21.1 Å². The number of aliphatic imine (C=N–C) groups is 1. The number of hydrogen-bond acceptors (Lipinski definition) is 5. The van der Waals surface area contributed by atoms with E-state index in [-0.39, 0.29) is 6.10 Å². The molecule has 0 radical (unpaired) electrons. The predicted octanol–water partition coefficient (Wildman–Crippen LogP) is 4.83. The van der Waals surface area contributed by atoms with Crippen LogP contribution >= 0.6 is 24.0 Å². The number of β-amino-alcohol motifs (C(OH)–C–C–N with tert-alkyl or cyclic N) is 1. The van der Waals surface area contributed by atoms with Crippen molar-refractivity contribution in [3.63, 3.8) is 0 Å². The first kappa shape index (κ1) is 25.7. The summed E-state index contributed by atoms with van der Waals surface area (Å²) >= 11 is 7.06. The first-order valence-corrected chi connectivity index (χ1v) is 14.5. The SMILES string of the molecule is N/C(=N\C(=S)Nc1ccc(N2CCC(N3CCCC(O)C3)CC2)cc1)SCC1CCCCCC1. The Balaban J connectivity index is 1.20. The summed E-state index contributed by atoms with van der Waals surface area (Å²) in [6.45, 7) is 4.09. The van der Waals surface area contributed by atoms with Crippen molar-refractivity contribution in [1.29, 1.82) is 0 Å². The zero-order valence-corrected chi connectivity index (χ0v) is 22.0. The molecule has 1 atom stereocenters. The van der Waals surface area contributed by atoms with Crippen LogP contribution in [0.5, 0.6) is 0 Å². The summed E-state index contributed by atoms with van der Waals surface area (Å²) in [4.78, 5) is 9.35. The summed E-state index contributed by atoms with van der Waals surface area (Å²) in [6.07, 6.45) is 12.3. The maximum atomic E-state index is 9.98. The third kappa shape index (κ3) is 7.83. The van der Waals surface area contributed by atoms with Crippen LogP contribution in [0.25, 0.3) is 0 Å². The standard InChI is InChI=1S/C26H41N5OS2/c27-25(34-19-20-6-3-1-2-4-7-20)29-26(33)28-21-9-11-22(12-10-21)30-16-13-23(14-17-30)31-15-5-8-24(32)18-31/h9-12,20,23-24,32H,1-8,13-19H2,(H3,27,28,29,33). The van der Waals surface area contributed by atoms with E-state index >= 15 is 0 Å². The Labute approximate surface area is 214 Å². The van der Waals surface area contributed by atoms with E-state index in [0.717, 1.165) is 69.2 Å². The monoisotopic (exact) mass is 503 g/mol. The Morgan fingerprint density at radius 2 is 1.71 bits per heavy atom. The van der Waals surface area contributed by atoms with Crippen LogP contribution in [-0.4, -0.2) is 64.4 Å². The van der Waals surface area contributed by atoms with Crippen molar-refractivity contribution in [3.05, 3.63) is 24.3 Å². The van der Waals surface area contributed by atoms with Crippen LogP contribution in [0.3, 0.4) is 0 Å². The predicted molar refractivity (Wildman–Crippen MR) is 150 cm³/mol. The molecule has 34 heavy (non-hydrogen) atoms. The number of hydrogen-bond donors (Lipinski definition) is 3. The maximum Gasteiger partial charge on any atom is 0.199 e. The van der Waals surface area contributed by atoms with E-state index in [4.69, 9.17) is 18.0 Å². The van der Waals surface area contributed by atoms with Gasteiger partial charge in [0.2, 0.25) is 0 Å². The summed E-state index contributed by atoms with van der Waals surface area (Å²) in [5.74, 6) is 1.80. The van der Waals surface area contributed by atoms with E-state index in [1.807, 2.05) is 0 Å². The molecular weight excluding hydrogens is 462 g/mol. The molecule has 4 rings (SSSR count). The van der Waals surface area contributed by atoms with Gasteiger partial charge in [-0.25, -0.2) is 0 Å². The number of rotatable bonds is 5. The highest BCUT2D eigenvalue weighted by atomic mass is 32.2. The van der Waals surface area contributed by atoms with Crippen LogP contribution in [-0.2, 0) is 0 Å². The summed E-state index contributed by atoms with van der Waals surface area (Å²) in [7, 11) is 0. The van der Waals surface area contributed by atoms with Gasteiger partial charge in [-0.15, -0.1) is 0 Å². The lowest BCUT2D eigenvalue weighted by Gasteiger charge is -2.42. The van der Waals surface area contributed by atoms with Gasteiger partial charge in [0.1, 0.15) is 0 Å². The summed E-state index contributed by atoms with van der Waals surface area (Å²) in [5.41, 5.74) is 8.33. The molecule has 2 aliphatic heterocycles. The Kier molecular flexibility index (Phi) is 9.91. The van der Waals surface area contributed by atoms with Gasteiger partial charge in [-0.05, 0) is 87.5 Å². The molecule has 8 heteroatoms. The smallest absolute Gasteiger partial charge is 0.199 e. The number of nitrogens with one attached hydrogen (secondary N) is 1. The molecule has 1 aromatic carbocycles. The van der Waals surface area contributed by atoms with Crippen LogP contribution in [0.15, 0.2) is 29.3 Å². The van der Waals surface area contributed by atoms with Gasteiger partial charge in [0.05, 0.1) is 6.10 Å². The summed E-state index contributed by atoms with van der Waals surface area (Å²) in [6, 6.07) is 9.06. The van der Waals surface area contributed by atoms with Crippen molar-refractivity contribution in [2.75, 3.05) is 42.1 Å². The third-order valence-electron chi connectivity index (χ3n) is 7.55. The largest absolute Gasteiger partial charge is 0.392 e. The van der Waals surface area contributed by atoms with Crippen molar-refractivity contribution in [1.82, 2.24) is 4.90 Å². The normalized spacial score (nSPS) is 24.1. The molecule has 0 amide bonds. The van der Waals surface area contributed by atoms with Crippen molar-refractivity contribution >= 4 is 45.6 Å². The third-order valence-corrected chi connectivity index (χ3v) is 8.76. The van der Waals surface area contributed by atoms with Crippen molar-refractivity contribution in [2.45, 2.75) is 76.4 Å². The fraction of sp³-hybridized carbons (Fsp3) is 0.692. The van der Waals surface area contributed by atoms with Crippen molar-refractivity contribution < 1.29 is 5.11 Å². The van der Waals surface area contributed by atoms with Crippen LogP contribution in [0.1, 0.15) is 64.2 Å². The highest BCUT2D eigenvalue weighted by molar-refractivity contribution is 8.13. The lowest BCUT2D eigenvalue weighted by Crippen LogP contribution is -2.49. The lowest BCUT2D eigenvalue weighted by molar-refractivity contribution is 0.0398. The summed E-state index contributed by atoms with van der Waals surface area (Å²) in [5, 5.41) is 14.2. The number of nitrogens with zero attached hydrogens (tertiary/aromatic N) is 3. The number of aliphatic hydroxyl groups is 1. The van der Waals surface area contributed by atoms with E-state index in [2.05, 4.69) is 44.4 Å². The fourth-order valence-corrected chi connectivity index (χ4v) is 6.75. The highest BCUT2D eigenvalue weighted by Crippen LogP contribution is 2.27. The Hall–Kier alpha value is -1.35. The number of anilines is 2. The number of thiocarbonyl (C=S) groups is 1. The zero-order valence-electron chi connectivity index (χ0n) is 20.3. The van der Waals surface area contributed by atoms with Gasteiger partial charge in [-0.3, -0.25) is 4.90 Å². The average Bonchev–Trinajstić information content (AvgIpc) is 3.12. The molecule has 1 aromatic rings. The van der Waals surface area contributed by atoms with Crippen LogP contribution in [0, 0.1) is 5.92 Å². The highest BCUT2D eigenvalue weighted by Gasteiger charge is 2.28. The molecule has 0 bridgehead atoms. The van der Waals surface area contributed by atoms with E-state index < -0.39 is 0 Å². The molecule has 2 heterocycles. The number of nitrogens with two attached hydrogens (primary N) is 1. The number of aliphatic hydroxyl groups excluding tert-OH is 1. The molecule has 3 fully saturated rings. The van der Waals surface area contributed by atoms with Gasteiger partial charge in [0.25, 0.3) is 0 Å². The van der Waals surface area contributed by atoms with Gasteiger partial charge in [-0.1, -0.05) is 37.4 Å². The second kappa shape index (κ2) is 13.1. The van der Waals surface area contributed by atoms with Gasteiger partial charge in [0.15, 0.2) is 10.3 Å². The second-order valence-electron chi connectivity index (χ2n) is 10.1. The first-order chi connectivity index (χ1) is 16.6. The molecule has 6 nitrogen and oxygen atoms in total. The first-order valence-electron chi connectivity index (χ1n) is 13.1. The molecule has 2 saturated heterocycles. The molecule has 3 aliphatic rings. The minimum atomic E-state index is -0.141. The van der Waals surface area contributed by atoms with Crippen LogP contribution in [0.2, 0.25) is 0 Å². The average molecular weight is 504 g/mol. The Bertz CT molecular complexity index is 802. The fourth-order valence-electron chi connectivity index (χ4n) is 5.58. The number of thioether (sulfide) groups is 1. The second-order valence-corrected chi connectivity index (χ2v) is 11.5. The van der Waals surface area contributed by atoms with E-state index in [1.165, 1.54) is 44.2 Å². The molecule has 1 aliphatic carbocycles.